The lowest BCUT2D eigenvalue weighted by atomic mass is 9.87. The highest BCUT2D eigenvalue weighted by Crippen LogP contribution is 2.19. The van der Waals surface area contributed by atoms with Gasteiger partial charge in [-0.3, -0.25) is 4.79 Å². The molecule has 1 atom stereocenters. The van der Waals surface area contributed by atoms with Gasteiger partial charge >= 0.3 is 0 Å². The molecule has 3 nitrogen and oxygen atoms in total. The number of nitrogens with two attached hydrogens (primary N) is 1. The fourth-order valence-electron chi connectivity index (χ4n) is 2.13. The highest BCUT2D eigenvalue weighted by molar-refractivity contribution is 5.87. The summed E-state index contributed by atoms with van der Waals surface area (Å²) in [4.78, 5) is 12.1. The van der Waals surface area contributed by atoms with Gasteiger partial charge in [-0.2, -0.15) is 0 Å². The molecule has 106 valence electrons. The molecule has 0 bridgehead atoms. The van der Waals surface area contributed by atoms with E-state index in [2.05, 4.69) is 23.5 Å². The Hall–Kier alpha value is -1.87. The second kappa shape index (κ2) is 5.63. The van der Waals surface area contributed by atoms with Gasteiger partial charge in [0, 0.05) is 6.54 Å². The van der Waals surface area contributed by atoms with E-state index in [-0.39, 0.29) is 11.3 Å². The molecule has 0 aliphatic carbocycles. The third kappa shape index (κ3) is 3.17. The molecule has 0 saturated heterocycles. The van der Waals surface area contributed by atoms with Crippen molar-refractivity contribution in [2.24, 2.45) is 11.1 Å². The summed E-state index contributed by atoms with van der Waals surface area (Å²) in [5.74, 6) is -0.106. The third-order valence-electron chi connectivity index (χ3n) is 3.55. The van der Waals surface area contributed by atoms with Crippen LogP contribution in [-0.2, 0) is 11.3 Å². The molecule has 0 heterocycles. The summed E-state index contributed by atoms with van der Waals surface area (Å²) in [6.45, 7) is 6.41. The zero-order chi connectivity index (χ0) is 14.8. The molecule has 0 unspecified atom stereocenters. The van der Waals surface area contributed by atoms with E-state index in [1.165, 1.54) is 10.8 Å². The molecule has 0 aromatic heterocycles. The first-order chi connectivity index (χ1) is 9.39. The Bertz CT molecular complexity index is 608. The lowest BCUT2D eigenvalue weighted by molar-refractivity contribution is -0.124. The number of hydrogen-bond donors (Lipinski definition) is 2. The Morgan fingerprint density at radius 2 is 1.80 bits per heavy atom. The van der Waals surface area contributed by atoms with E-state index in [1.807, 2.05) is 45.0 Å². The third-order valence-corrected chi connectivity index (χ3v) is 3.55. The predicted octanol–water partition coefficient (Wildman–Crippen LogP) is 2.83. The number of rotatable bonds is 3. The molecular formula is C17H22N2O. The zero-order valence-corrected chi connectivity index (χ0v) is 12.3. The van der Waals surface area contributed by atoms with Crippen molar-refractivity contribution in [2.45, 2.75) is 33.4 Å². The van der Waals surface area contributed by atoms with Gasteiger partial charge in [0.1, 0.15) is 0 Å². The van der Waals surface area contributed by atoms with Gasteiger partial charge in [-0.05, 0) is 21.8 Å². The van der Waals surface area contributed by atoms with E-state index in [9.17, 15) is 4.79 Å². The number of carbonyl (C=O) groups excluding carboxylic acids is 1. The van der Waals surface area contributed by atoms with Crippen LogP contribution in [0, 0.1) is 5.41 Å². The Balaban J connectivity index is 2.12. The van der Waals surface area contributed by atoms with Crippen molar-refractivity contribution in [3.63, 3.8) is 0 Å². The van der Waals surface area contributed by atoms with Gasteiger partial charge in [0.05, 0.1) is 6.04 Å². The van der Waals surface area contributed by atoms with E-state index in [4.69, 9.17) is 5.73 Å². The SMILES string of the molecule is CC(C)(C)[C@@H](N)C(=O)NCc1cccc2ccccc12. The fraction of sp³-hybridized carbons (Fsp3) is 0.353. The molecule has 2 rings (SSSR count). The highest BCUT2D eigenvalue weighted by Gasteiger charge is 2.27. The molecule has 0 spiro atoms. The lowest BCUT2D eigenvalue weighted by Gasteiger charge is -2.25. The molecule has 1 amide bonds. The van der Waals surface area contributed by atoms with Gasteiger partial charge in [-0.25, -0.2) is 0 Å². The maximum Gasteiger partial charge on any atom is 0.237 e. The van der Waals surface area contributed by atoms with E-state index in [1.54, 1.807) is 0 Å². The van der Waals surface area contributed by atoms with E-state index < -0.39 is 6.04 Å². The van der Waals surface area contributed by atoms with Crippen LogP contribution >= 0.6 is 0 Å². The Morgan fingerprint density at radius 1 is 1.15 bits per heavy atom. The number of nitrogens with one attached hydrogen (secondary N) is 1. The summed E-state index contributed by atoms with van der Waals surface area (Å²) in [7, 11) is 0. The van der Waals surface area contributed by atoms with Gasteiger partial charge in [0.15, 0.2) is 0 Å². The van der Waals surface area contributed by atoms with Crippen molar-refractivity contribution in [3.8, 4) is 0 Å². The Morgan fingerprint density at radius 3 is 2.50 bits per heavy atom. The van der Waals surface area contributed by atoms with Crippen molar-refractivity contribution in [1.29, 1.82) is 0 Å². The van der Waals surface area contributed by atoms with Gasteiger partial charge in [0.2, 0.25) is 5.91 Å². The summed E-state index contributed by atoms with van der Waals surface area (Å²) < 4.78 is 0. The molecular weight excluding hydrogens is 248 g/mol. The van der Waals surface area contributed by atoms with E-state index in [0.717, 1.165) is 5.56 Å². The van der Waals surface area contributed by atoms with Crippen molar-refractivity contribution in [1.82, 2.24) is 5.32 Å². The molecule has 2 aromatic carbocycles. The molecule has 3 heteroatoms. The molecule has 0 saturated carbocycles. The summed E-state index contributed by atoms with van der Waals surface area (Å²) in [5, 5.41) is 5.28. The van der Waals surface area contributed by atoms with Gasteiger partial charge < -0.3 is 11.1 Å². The number of amides is 1. The van der Waals surface area contributed by atoms with Gasteiger partial charge in [0.25, 0.3) is 0 Å². The maximum absolute atomic E-state index is 12.1. The number of benzene rings is 2. The van der Waals surface area contributed by atoms with Crippen LogP contribution in [0.3, 0.4) is 0 Å². The monoisotopic (exact) mass is 270 g/mol. The Kier molecular flexibility index (Phi) is 4.09. The van der Waals surface area contributed by atoms with Crippen LogP contribution in [0.5, 0.6) is 0 Å². The summed E-state index contributed by atoms with van der Waals surface area (Å²) in [5.41, 5.74) is 6.83. The molecule has 0 aliphatic heterocycles. The molecule has 0 fully saturated rings. The van der Waals surface area contributed by atoms with Crippen LogP contribution in [0.15, 0.2) is 42.5 Å². The largest absolute Gasteiger partial charge is 0.351 e. The minimum atomic E-state index is -0.502. The van der Waals surface area contributed by atoms with E-state index in [0.29, 0.717) is 6.54 Å². The average molecular weight is 270 g/mol. The van der Waals surface area contributed by atoms with Crippen LogP contribution in [0.25, 0.3) is 10.8 Å². The maximum atomic E-state index is 12.1. The van der Waals surface area contributed by atoms with Crippen LogP contribution in [-0.4, -0.2) is 11.9 Å². The van der Waals surface area contributed by atoms with E-state index >= 15 is 0 Å². The fourth-order valence-corrected chi connectivity index (χ4v) is 2.13. The van der Waals surface area contributed by atoms with Crippen LogP contribution in [0.4, 0.5) is 0 Å². The van der Waals surface area contributed by atoms with Crippen LogP contribution in [0.1, 0.15) is 26.3 Å². The molecule has 3 N–H and O–H groups in total. The normalized spacial score (nSPS) is 13.2. The first-order valence-electron chi connectivity index (χ1n) is 6.89. The van der Waals surface area contributed by atoms with Crippen molar-refractivity contribution in [2.75, 3.05) is 0 Å². The Labute approximate surface area is 120 Å². The van der Waals surface area contributed by atoms with Crippen LogP contribution < -0.4 is 11.1 Å². The van der Waals surface area contributed by atoms with Gasteiger partial charge in [-0.1, -0.05) is 63.2 Å². The van der Waals surface area contributed by atoms with Gasteiger partial charge in [-0.15, -0.1) is 0 Å². The molecule has 20 heavy (non-hydrogen) atoms. The second-order valence-electron chi connectivity index (χ2n) is 6.20. The number of fused-ring (bicyclic) bond motifs is 1. The predicted molar refractivity (Wildman–Crippen MR) is 83.2 cm³/mol. The molecule has 0 aliphatic rings. The van der Waals surface area contributed by atoms with Crippen molar-refractivity contribution >= 4 is 16.7 Å². The lowest BCUT2D eigenvalue weighted by Crippen LogP contribution is -2.48. The average Bonchev–Trinajstić information content (AvgIpc) is 2.42. The standard InChI is InChI=1S/C17H22N2O/c1-17(2,3)15(18)16(20)19-11-13-9-6-8-12-7-4-5-10-14(12)13/h4-10,15H,11,18H2,1-3H3,(H,19,20)/t15-/m0/s1. The second-order valence-corrected chi connectivity index (χ2v) is 6.20. The van der Waals surface area contributed by atoms with Crippen molar-refractivity contribution < 1.29 is 4.79 Å². The highest BCUT2D eigenvalue weighted by atomic mass is 16.2. The number of hydrogen-bond acceptors (Lipinski definition) is 2. The van der Waals surface area contributed by atoms with Crippen molar-refractivity contribution in [3.05, 3.63) is 48.0 Å². The molecule has 2 aromatic rings. The topological polar surface area (TPSA) is 55.1 Å². The minimum absolute atomic E-state index is 0.106. The molecule has 0 radical (unpaired) electrons. The first-order valence-corrected chi connectivity index (χ1v) is 6.89. The number of carbonyl (C=O) groups is 1. The minimum Gasteiger partial charge on any atom is -0.351 e. The summed E-state index contributed by atoms with van der Waals surface area (Å²) in [6, 6.07) is 13.8. The first kappa shape index (κ1) is 14.5. The quantitative estimate of drug-likeness (QED) is 0.901. The zero-order valence-electron chi connectivity index (χ0n) is 12.3. The smallest absolute Gasteiger partial charge is 0.237 e. The van der Waals surface area contributed by atoms with Crippen LogP contribution in [0.2, 0.25) is 0 Å². The summed E-state index contributed by atoms with van der Waals surface area (Å²) >= 11 is 0. The summed E-state index contributed by atoms with van der Waals surface area (Å²) in [6.07, 6.45) is 0.